The van der Waals surface area contributed by atoms with Crippen LogP contribution in [0, 0.1) is 10.1 Å². The number of hydrogen-bond donors (Lipinski definition) is 2. The molecule has 2 aromatic rings. The van der Waals surface area contributed by atoms with E-state index in [1.165, 1.54) is 20.3 Å². The van der Waals surface area contributed by atoms with E-state index in [9.17, 15) is 14.9 Å². The van der Waals surface area contributed by atoms with Crippen LogP contribution in [0.15, 0.2) is 42.5 Å². The molecule has 0 spiro atoms. The molecular formula is C17H19N3O5. The van der Waals surface area contributed by atoms with Gasteiger partial charge in [0.05, 0.1) is 24.7 Å². The lowest BCUT2D eigenvalue weighted by atomic mass is 10.1. The standard InChI is InChI=1S/C17H19N3O5/c1-24-12-7-8-13(16(11-12)25-2)17(21)19-10-9-18-14-5-3-4-6-15(14)20(22)23/h3-8,11,18H,9-10H2,1-2H3,(H,19,21). The highest BCUT2D eigenvalue weighted by molar-refractivity contribution is 5.97. The summed E-state index contributed by atoms with van der Waals surface area (Å²) in [5.41, 5.74) is 0.781. The van der Waals surface area contributed by atoms with Gasteiger partial charge in [-0.3, -0.25) is 14.9 Å². The van der Waals surface area contributed by atoms with Crippen molar-refractivity contribution >= 4 is 17.3 Å². The first-order valence-corrected chi connectivity index (χ1v) is 7.54. The first-order chi connectivity index (χ1) is 12.1. The Morgan fingerprint density at radius 1 is 1.12 bits per heavy atom. The molecule has 1 amide bonds. The van der Waals surface area contributed by atoms with Gasteiger partial charge in [0, 0.05) is 25.2 Å². The summed E-state index contributed by atoms with van der Waals surface area (Å²) in [4.78, 5) is 22.7. The monoisotopic (exact) mass is 345 g/mol. The highest BCUT2D eigenvalue weighted by Crippen LogP contribution is 2.24. The normalized spacial score (nSPS) is 10.0. The number of amides is 1. The van der Waals surface area contributed by atoms with Gasteiger partial charge in [-0.25, -0.2) is 0 Å². The van der Waals surface area contributed by atoms with E-state index in [0.29, 0.717) is 35.8 Å². The quantitative estimate of drug-likeness (QED) is 0.433. The summed E-state index contributed by atoms with van der Waals surface area (Å²) in [5.74, 6) is 0.693. The van der Waals surface area contributed by atoms with Gasteiger partial charge in [-0.1, -0.05) is 12.1 Å². The predicted molar refractivity (Wildman–Crippen MR) is 93.5 cm³/mol. The molecule has 0 bridgehead atoms. The molecule has 2 N–H and O–H groups in total. The number of carbonyl (C=O) groups is 1. The molecule has 0 heterocycles. The van der Waals surface area contributed by atoms with Gasteiger partial charge >= 0.3 is 0 Å². The van der Waals surface area contributed by atoms with Crippen molar-refractivity contribution in [2.75, 3.05) is 32.6 Å². The number of anilines is 1. The van der Waals surface area contributed by atoms with Crippen LogP contribution in [-0.2, 0) is 0 Å². The van der Waals surface area contributed by atoms with Crippen LogP contribution in [0.25, 0.3) is 0 Å². The number of methoxy groups -OCH3 is 2. The molecule has 0 saturated heterocycles. The first-order valence-electron chi connectivity index (χ1n) is 7.54. The van der Waals surface area contributed by atoms with Gasteiger partial charge in [0.2, 0.25) is 0 Å². The third kappa shape index (κ3) is 4.60. The molecule has 2 rings (SSSR count). The fourth-order valence-electron chi connectivity index (χ4n) is 2.24. The summed E-state index contributed by atoms with van der Waals surface area (Å²) < 4.78 is 10.3. The van der Waals surface area contributed by atoms with E-state index in [0.717, 1.165) is 0 Å². The van der Waals surface area contributed by atoms with Crippen molar-refractivity contribution in [1.82, 2.24) is 5.32 Å². The van der Waals surface area contributed by atoms with Crippen LogP contribution in [-0.4, -0.2) is 38.1 Å². The van der Waals surface area contributed by atoms with E-state index in [1.807, 2.05) is 0 Å². The Labute approximate surface area is 144 Å². The van der Waals surface area contributed by atoms with Crippen LogP contribution in [0.3, 0.4) is 0 Å². The van der Waals surface area contributed by atoms with Gasteiger partial charge in [0.15, 0.2) is 0 Å². The van der Waals surface area contributed by atoms with Crippen LogP contribution in [0.1, 0.15) is 10.4 Å². The van der Waals surface area contributed by atoms with Crippen molar-refractivity contribution in [2.24, 2.45) is 0 Å². The molecule has 8 nitrogen and oxygen atoms in total. The van der Waals surface area contributed by atoms with Crippen LogP contribution >= 0.6 is 0 Å². The molecule has 0 aliphatic heterocycles. The molecule has 0 saturated carbocycles. The number of ether oxygens (including phenoxy) is 2. The number of rotatable bonds is 8. The van der Waals surface area contributed by atoms with Crippen molar-refractivity contribution < 1.29 is 19.2 Å². The number of nitrogens with one attached hydrogen (secondary N) is 2. The summed E-state index contributed by atoms with van der Waals surface area (Å²) in [6.07, 6.45) is 0. The Kier molecular flexibility index (Phi) is 6.16. The molecule has 0 radical (unpaired) electrons. The zero-order valence-corrected chi connectivity index (χ0v) is 13.9. The van der Waals surface area contributed by atoms with E-state index in [-0.39, 0.29) is 11.6 Å². The third-order valence-corrected chi connectivity index (χ3v) is 3.48. The van der Waals surface area contributed by atoms with E-state index in [1.54, 1.807) is 36.4 Å². The largest absolute Gasteiger partial charge is 0.497 e. The summed E-state index contributed by atoms with van der Waals surface area (Å²) in [6.45, 7) is 0.634. The lowest BCUT2D eigenvalue weighted by molar-refractivity contribution is -0.384. The predicted octanol–water partition coefficient (Wildman–Crippen LogP) is 2.45. The summed E-state index contributed by atoms with van der Waals surface area (Å²) in [6, 6.07) is 11.2. The van der Waals surface area contributed by atoms with Crippen molar-refractivity contribution in [3.05, 3.63) is 58.1 Å². The highest BCUT2D eigenvalue weighted by Gasteiger charge is 2.14. The van der Waals surface area contributed by atoms with E-state index < -0.39 is 4.92 Å². The fraction of sp³-hybridized carbons (Fsp3) is 0.235. The summed E-state index contributed by atoms with van der Waals surface area (Å²) >= 11 is 0. The minimum absolute atomic E-state index is 0.00866. The smallest absolute Gasteiger partial charge is 0.292 e. The molecule has 25 heavy (non-hydrogen) atoms. The van der Waals surface area contributed by atoms with E-state index >= 15 is 0 Å². The number of hydrogen-bond acceptors (Lipinski definition) is 6. The second-order valence-electron chi connectivity index (χ2n) is 5.02. The maximum Gasteiger partial charge on any atom is 0.292 e. The Morgan fingerprint density at radius 2 is 1.88 bits per heavy atom. The first kappa shape index (κ1) is 18.1. The Hall–Kier alpha value is -3.29. The van der Waals surface area contributed by atoms with Crippen LogP contribution in [0.5, 0.6) is 11.5 Å². The van der Waals surface area contributed by atoms with Crippen LogP contribution < -0.4 is 20.1 Å². The topological polar surface area (TPSA) is 103 Å². The Morgan fingerprint density at radius 3 is 2.56 bits per heavy atom. The van der Waals surface area contributed by atoms with Crippen LogP contribution in [0.4, 0.5) is 11.4 Å². The number of nitro groups is 1. The van der Waals surface area contributed by atoms with Gasteiger partial charge in [-0.05, 0) is 18.2 Å². The molecule has 2 aromatic carbocycles. The number of para-hydroxylation sites is 2. The fourth-order valence-corrected chi connectivity index (χ4v) is 2.24. The van der Waals surface area contributed by atoms with Gasteiger partial charge in [-0.15, -0.1) is 0 Å². The van der Waals surface area contributed by atoms with Crippen molar-refractivity contribution in [2.45, 2.75) is 0 Å². The number of benzene rings is 2. The van der Waals surface area contributed by atoms with E-state index in [2.05, 4.69) is 10.6 Å². The molecule has 8 heteroatoms. The Bertz CT molecular complexity index is 764. The highest BCUT2D eigenvalue weighted by atomic mass is 16.6. The minimum atomic E-state index is -0.455. The zero-order valence-electron chi connectivity index (χ0n) is 13.9. The maximum absolute atomic E-state index is 12.2. The van der Waals surface area contributed by atoms with Crippen molar-refractivity contribution in [1.29, 1.82) is 0 Å². The number of nitro benzene ring substituents is 1. The Balaban J connectivity index is 1.92. The summed E-state index contributed by atoms with van der Waals surface area (Å²) in [7, 11) is 3.00. The SMILES string of the molecule is COc1ccc(C(=O)NCCNc2ccccc2[N+](=O)[O-])c(OC)c1. The van der Waals surface area contributed by atoms with Gasteiger partial charge < -0.3 is 20.1 Å². The van der Waals surface area contributed by atoms with Crippen LogP contribution in [0.2, 0.25) is 0 Å². The lowest BCUT2D eigenvalue weighted by Gasteiger charge is -2.11. The molecule has 0 unspecified atom stereocenters. The van der Waals surface area contributed by atoms with Crippen molar-refractivity contribution in [3.8, 4) is 11.5 Å². The second kappa shape index (κ2) is 8.53. The molecule has 0 aliphatic carbocycles. The maximum atomic E-state index is 12.2. The lowest BCUT2D eigenvalue weighted by Crippen LogP contribution is -2.29. The number of nitrogens with zero attached hydrogens (tertiary/aromatic N) is 1. The molecule has 0 atom stereocenters. The van der Waals surface area contributed by atoms with E-state index in [4.69, 9.17) is 9.47 Å². The second-order valence-corrected chi connectivity index (χ2v) is 5.02. The molecule has 0 aromatic heterocycles. The molecule has 0 aliphatic rings. The van der Waals surface area contributed by atoms with Gasteiger partial charge in [-0.2, -0.15) is 0 Å². The average Bonchev–Trinajstić information content (AvgIpc) is 2.64. The molecular weight excluding hydrogens is 326 g/mol. The number of carbonyl (C=O) groups excluding carboxylic acids is 1. The average molecular weight is 345 g/mol. The summed E-state index contributed by atoms with van der Waals surface area (Å²) in [5, 5.41) is 16.6. The minimum Gasteiger partial charge on any atom is -0.497 e. The molecule has 132 valence electrons. The van der Waals surface area contributed by atoms with Crippen molar-refractivity contribution in [3.63, 3.8) is 0 Å². The van der Waals surface area contributed by atoms with Gasteiger partial charge in [0.25, 0.3) is 11.6 Å². The third-order valence-electron chi connectivity index (χ3n) is 3.48. The zero-order chi connectivity index (χ0) is 18.2. The molecule has 0 fully saturated rings. The van der Waals surface area contributed by atoms with Gasteiger partial charge in [0.1, 0.15) is 17.2 Å².